The molecule has 0 aliphatic rings. The van der Waals surface area contributed by atoms with Gasteiger partial charge in [0, 0.05) is 6.54 Å². The number of hydrogen-bond acceptors (Lipinski definition) is 4. The molecule has 0 aliphatic carbocycles. The second kappa shape index (κ2) is 7.03. The van der Waals surface area contributed by atoms with E-state index in [1.807, 2.05) is 45.9 Å². The molecule has 0 bridgehead atoms. The Morgan fingerprint density at radius 2 is 2.05 bits per heavy atom. The summed E-state index contributed by atoms with van der Waals surface area (Å²) in [6.45, 7) is 9.02. The average Bonchev–Trinajstić information content (AvgIpc) is 2.89. The van der Waals surface area contributed by atoms with E-state index in [2.05, 4.69) is 16.4 Å². The Hall–Kier alpha value is -1.72. The highest BCUT2D eigenvalue weighted by atomic mass is 32.1. The molecular formula is C17H22N2O2S. The molecule has 1 heterocycles. The molecule has 5 heteroatoms. The lowest BCUT2D eigenvalue weighted by Crippen LogP contribution is -2.22. The lowest BCUT2D eigenvalue weighted by Gasteiger charge is -2.19. The minimum absolute atomic E-state index is 0.0728. The van der Waals surface area contributed by atoms with E-state index in [1.54, 1.807) is 5.51 Å². The summed E-state index contributed by atoms with van der Waals surface area (Å²) in [6.07, 6.45) is 0. The molecule has 0 saturated carbocycles. The van der Waals surface area contributed by atoms with Crippen LogP contribution in [0.1, 0.15) is 47.3 Å². The van der Waals surface area contributed by atoms with E-state index < -0.39 is 0 Å². The normalized spacial score (nSPS) is 11.5. The molecule has 4 nitrogen and oxygen atoms in total. The molecule has 0 saturated heterocycles. The van der Waals surface area contributed by atoms with E-state index in [1.165, 1.54) is 11.3 Å². The largest absolute Gasteiger partial charge is 0.371 e. The van der Waals surface area contributed by atoms with Gasteiger partial charge in [0.15, 0.2) is 0 Å². The third-order valence-electron chi connectivity index (χ3n) is 3.07. The zero-order valence-electron chi connectivity index (χ0n) is 13.5. The Morgan fingerprint density at radius 1 is 1.32 bits per heavy atom. The maximum absolute atomic E-state index is 12.1. The van der Waals surface area contributed by atoms with Gasteiger partial charge in [0.1, 0.15) is 4.88 Å². The molecule has 0 radical (unpaired) electrons. The molecule has 1 N–H and O–H groups in total. The van der Waals surface area contributed by atoms with Crippen molar-refractivity contribution in [1.29, 1.82) is 0 Å². The van der Waals surface area contributed by atoms with Crippen LogP contribution in [0.5, 0.6) is 0 Å². The smallest absolute Gasteiger partial charge is 0.263 e. The number of nitrogens with one attached hydrogen (secondary N) is 1. The summed E-state index contributed by atoms with van der Waals surface area (Å²) in [7, 11) is 0. The Balaban J connectivity index is 1.93. The van der Waals surface area contributed by atoms with E-state index in [0.29, 0.717) is 18.0 Å². The fourth-order valence-electron chi connectivity index (χ4n) is 1.91. The van der Waals surface area contributed by atoms with Crippen molar-refractivity contribution in [2.24, 2.45) is 0 Å². The molecule has 22 heavy (non-hydrogen) atoms. The Morgan fingerprint density at radius 3 is 2.68 bits per heavy atom. The molecule has 0 spiro atoms. The van der Waals surface area contributed by atoms with E-state index in [4.69, 9.17) is 4.74 Å². The number of thiazole rings is 1. The average molecular weight is 318 g/mol. The standard InChI is InChI=1S/C17H22N2O2S/c1-12-15(22-11-19-12)16(20)18-9-13-6-5-7-14(8-13)10-21-17(2,3)4/h5-8,11H,9-10H2,1-4H3,(H,18,20). The molecule has 2 aromatic rings. The molecule has 2 rings (SSSR count). The third-order valence-corrected chi connectivity index (χ3v) is 4.00. The molecule has 1 aromatic carbocycles. The summed E-state index contributed by atoms with van der Waals surface area (Å²) in [5.74, 6) is -0.0728. The van der Waals surface area contributed by atoms with Crippen LogP contribution in [-0.4, -0.2) is 16.5 Å². The highest BCUT2D eigenvalue weighted by Crippen LogP contribution is 2.14. The molecule has 0 unspecified atom stereocenters. The first kappa shape index (κ1) is 16.6. The summed E-state index contributed by atoms with van der Waals surface area (Å²) in [5.41, 5.74) is 4.47. The van der Waals surface area contributed by atoms with Crippen LogP contribution < -0.4 is 5.32 Å². The number of benzene rings is 1. The zero-order valence-corrected chi connectivity index (χ0v) is 14.3. The minimum atomic E-state index is -0.159. The fourth-order valence-corrected chi connectivity index (χ4v) is 2.63. The van der Waals surface area contributed by atoms with Crippen LogP contribution in [0.2, 0.25) is 0 Å². The first-order valence-electron chi connectivity index (χ1n) is 7.25. The maximum atomic E-state index is 12.1. The molecule has 1 aromatic heterocycles. The van der Waals surface area contributed by atoms with Crippen molar-refractivity contribution in [3.63, 3.8) is 0 Å². The summed E-state index contributed by atoms with van der Waals surface area (Å²) in [5, 5.41) is 2.93. The number of ether oxygens (including phenoxy) is 1. The predicted molar refractivity (Wildman–Crippen MR) is 89.0 cm³/mol. The first-order chi connectivity index (χ1) is 10.3. The Kier molecular flexibility index (Phi) is 5.32. The van der Waals surface area contributed by atoms with Gasteiger partial charge in [-0.3, -0.25) is 4.79 Å². The molecule has 0 atom stereocenters. The van der Waals surface area contributed by atoms with Crippen LogP contribution in [-0.2, 0) is 17.9 Å². The van der Waals surface area contributed by atoms with Crippen LogP contribution in [0.3, 0.4) is 0 Å². The minimum Gasteiger partial charge on any atom is -0.371 e. The van der Waals surface area contributed by atoms with E-state index in [-0.39, 0.29) is 11.5 Å². The zero-order chi connectivity index (χ0) is 16.2. The van der Waals surface area contributed by atoms with Gasteiger partial charge < -0.3 is 10.1 Å². The van der Waals surface area contributed by atoms with Crippen molar-refractivity contribution in [2.75, 3.05) is 0 Å². The Labute approximate surface area is 135 Å². The highest BCUT2D eigenvalue weighted by molar-refractivity contribution is 7.11. The van der Waals surface area contributed by atoms with E-state index >= 15 is 0 Å². The fraction of sp³-hybridized carbons (Fsp3) is 0.412. The molecule has 118 valence electrons. The second-order valence-corrected chi connectivity index (χ2v) is 7.03. The molecule has 0 fully saturated rings. The van der Waals surface area contributed by atoms with Gasteiger partial charge in [-0.05, 0) is 38.8 Å². The summed E-state index contributed by atoms with van der Waals surface area (Å²) < 4.78 is 5.78. The van der Waals surface area contributed by atoms with Gasteiger partial charge in [-0.1, -0.05) is 24.3 Å². The molecule has 0 aliphatic heterocycles. The number of nitrogens with zero attached hydrogens (tertiary/aromatic N) is 1. The lowest BCUT2D eigenvalue weighted by atomic mass is 10.1. The molecule has 1 amide bonds. The van der Waals surface area contributed by atoms with Gasteiger partial charge in [-0.25, -0.2) is 4.98 Å². The van der Waals surface area contributed by atoms with Gasteiger partial charge >= 0.3 is 0 Å². The number of hydrogen-bond donors (Lipinski definition) is 1. The van der Waals surface area contributed by atoms with E-state index in [9.17, 15) is 4.79 Å². The van der Waals surface area contributed by atoms with Crippen molar-refractivity contribution in [3.05, 3.63) is 51.5 Å². The van der Waals surface area contributed by atoms with Gasteiger partial charge in [0.25, 0.3) is 5.91 Å². The number of carbonyl (C=O) groups excluding carboxylic acids is 1. The van der Waals surface area contributed by atoms with Crippen LogP contribution in [0.25, 0.3) is 0 Å². The van der Waals surface area contributed by atoms with E-state index in [0.717, 1.165) is 16.8 Å². The van der Waals surface area contributed by atoms with Crippen molar-refractivity contribution < 1.29 is 9.53 Å². The monoisotopic (exact) mass is 318 g/mol. The van der Waals surface area contributed by atoms with Crippen molar-refractivity contribution in [1.82, 2.24) is 10.3 Å². The maximum Gasteiger partial charge on any atom is 0.263 e. The summed E-state index contributed by atoms with van der Waals surface area (Å²) in [4.78, 5) is 16.8. The number of amides is 1. The number of aromatic nitrogens is 1. The van der Waals surface area contributed by atoms with Crippen molar-refractivity contribution in [2.45, 2.75) is 46.4 Å². The SMILES string of the molecule is Cc1ncsc1C(=O)NCc1cccc(COC(C)(C)C)c1. The second-order valence-electron chi connectivity index (χ2n) is 6.17. The molecular weight excluding hydrogens is 296 g/mol. The number of rotatable bonds is 5. The highest BCUT2D eigenvalue weighted by Gasteiger charge is 2.12. The van der Waals surface area contributed by atoms with Crippen LogP contribution >= 0.6 is 11.3 Å². The van der Waals surface area contributed by atoms with Crippen molar-refractivity contribution >= 4 is 17.2 Å². The summed E-state index contributed by atoms with van der Waals surface area (Å²) >= 11 is 1.36. The first-order valence-corrected chi connectivity index (χ1v) is 8.13. The third kappa shape index (κ3) is 4.93. The summed E-state index contributed by atoms with van der Waals surface area (Å²) in [6, 6.07) is 8.08. The number of aryl methyl sites for hydroxylation is 1. The van der Waals surface area contributed by atoms with Gasteiger partial charge in [-0.15, -0.1) is 11.3 Å². The lowest BCUT2D eigenvalue weighted by molar-refractivity contribution is -0.0149. The van der Waals surface area contributed by atoms with Gasteiger partial charge in [0.2, 0.25) is 0 Å². The predicted octanol–water partition coefficient (Wildman–Crippen LogP) is 3.70. The van der Waals surface area contributed by atoms with Crippen molar-refractivity contribution in [3.8, 4) is 0 Å². The Bertz CT molecular complexity index is 644. The van der Waals surface area contributed by atoms with Crippen LogP contribution in [0.15, 0.2) is 29.8 Å². The van der Waals surface area contributed by atoms with Crippen LogP contribution in [0.4, 0.5) is 0 Å². The van der Waals surface area contributed by atoms with Gasteiger partial charge in [0.05, 0.1) is 23.4 Å². The van der Waals surface area contributed by atoms with Crippen LogP contribution in [0, 0.1) is 6.92 Å². The topological polar surface area (TPSA) is 51.2 Å². The quantitative estimate of drug-likeness (QED) is 0.914. The number of carbonyl (C=O) groups is 1. The van der Waals surface area contributed by atoms with Gasteiger partial charge in [-0.2, -0.15) is 0 Å².